The van der Waals surface area contributed by atoms with E-state index in [-0.39, 0.29) is 18.0 Å². The van der Waals surface area contributed by atoms with E-state index in [9.17, 15) is 9.59 Å². The van der Waals surface area contributed by atoms with Gasteiger partial charge in [0.15, 0.2) is 0 Å². The Morgan fingerprint density at radius 1 is 1.48 bits per heavy atom. The van der Waals surface area contributed by atoms with Gasteiger partial charge >= 0.3 is 0 Å². The highest BCUT2D eigenvalue weighted by molar-refractivity contribution is 7.16. The summed E-state index contributed by atoms with van der Waals surface area (Å²) >= 11 is 1.40. The average Bonchev–Trinajstić information content (AvgIpc) is 3.01. The summed E-state index contributed by atoms with van der Waals surface area (Å²) in [4.78, 5) is 29.1. The van der Waals surface area contributed by atoms with Crippen LogP contribution in [0.25, 0.3) is 10.2 Å². The van der Waals surface area contributed by atoms with Gasteiger partial charge in [0.2, 0.25) is 5.91 Å². The van der Waals surface area contributed by atoms with Gasteiger partial charge in [0.05, 0.1) is 17.4 Å². The molecule has 3 rings (SSSR count). The summed E-state index contributed by atoms with van der Waals surface area (Å²) < 4.78 is 2.88. The highest BCUT2D eigenvalue weighted by Crippen LogP contribution is 2.13. The van der Waals surface area contributed by atoms with E-state index in [2.05, 4.69) is 15.4 Å². The van der Waals surface area contributed by atoms with Crippen molar-refractivity contribution < 1.29 is 4.79 Å². The highest BCUT2D eigenvalue weighted by Gasteiger charge is 2.11. The van der Waals surface area contributed by atoms with Crippen molar-refractivity contribution >= 4 is 33.3 Å². The quantitative estimate of drug-likeness (QED) is 0.786. The third-order valence-corrected chi connectivity index (χ3v) is 3.85. The van der Waals surface area contributed by atoms with Gasteiger partial charge in [-0.1, -0.05) is 0 Å². The Balaban J connectivity index is 1.81. The normalized spacial score (nSPS) is 11.0. The highest BCUT2D eigenvalue weighted by atomic mass is 32.1. The Hall–Kier alpha value is -2.48. The molecule has 0 aromatic carbocycles. The van der Waals surface area contributed by atoms with Crippen LogP contribution in [0.4, 0.5) is 5.82 Å². The molecule has 1 N–H and O–H groups in total. The van der Waals surface area contributed by atoms with Crippen LogP contribution in [0.3, 0.4) is 0 Å². The van der Waals surface area contributed by atoms with E-state index in [1.807, 2.05) is 12.3 Å². The van der Waals surface area contributed by atoms with Crippen molar-refractivity contribution in [2.24, 2.45) is 7.05 Å². The van der Waals surface area contributed by atoms with E-state index >= 15 is 0 Å². The molecule has 0 aliphatic heterocycles. The number of nitrogens with zero attached hydrogens (tertiary/aromatic N) is 4. The first-order chi connectivity index (χ1) is 10.0. The zero-order valence-electron chi connectivity index (χ0n) is 11.5. The third-order valence-electron chi connectivity index (χ3n) is 3.03. The van der Waals surface area contributed by atoms with Crippen LogP contribution >= 0.6 is 11.3 Å². The lowest BCUT2D eigenvalue weighted by Crippen LogP contribution is -2.28. The minimum atomic E-state index is -0.295. The van der Waals surface area contributed by atoms with Gasteiger partial charge in [-0.05, 0) is 18.4 Å². The number of aryl methyl sites for hydroxylation is 2. The van der Waals surface area contributed by atoms with Gasteiger partial charge in [0.1, 0.15) is 17.2 Å². The van der Waals surface area contributed by atoms with Crippen LogP contribution in [-0.2, 0) is 18.4 Å². The molecule has 0 saturated carbocycles. The molecule has 0 saturated heterocycles. The summed E-state index contributed by atoms with van der Waals surface area (Å²) in [5.41, 5.74) is 0.601. The zero-order valence-corrected chi connectivity index (χ0v) is 12.3. The lowest BCUT2D eigenvalue weighted by Gasteiger charge is -2.07. The Bertz CT molecular complexity index is 876. The predicted molar refractivity (Wildman–Crippen MR) is 80.5 cm³/mol. The van der Waals surface area contributed by atoms with Gasteiger partial charge in [0.25, 0.3) is 5.56 Å². The SMILES string of the molecule is Cc1cc(NC(=O)Cn2cnc3sccc3c2=O)n(C)n1. The maximum absolute atomic E-state index is 12.2. The molecular weight excluding hydrogens is 290 g/mol. The number of amides is 1. The van der Waals surface area contributed by atoms with Crippen molar-refractivity contribution in [3.8, 4) is 0 Å². The zero-order chi connectivity index (χ0) is 15.0. The number of carbonyl (C=O) groups excluding carboxylic acids is 1. The van der Waals surface area contributed by atoms with Crippen molar-refractivity contribution in [2.75, 3.05) is 5.32 Å². The van der Waals surface area contributed by atoms with Gasteiger partial charge in [0, 0.05) is 13.1 Å². The number of aromatic nitrogens is 4. The molecule has 0 aliphatic rings. The molecule has 0 unspecified atom stereocenters. The van der Waals surface area contributed by atoms with Crippen LogP contribution in [-0.4, -0.2) is 25.2 Å². The summed E-state index contributed by atoms with van der Waals surface area (Å²) in [7, 11) is 1.74. The molecule has 21 heavy (non-hydrogen) atoms. The molecule has 1 amide bonds. The summed E-state index contributed by atoms with van der Waals surface area (Å²) in [6, 6.07) is 3.48. The van der Waals surface area contributed by atoms with Gasteiger partial charge in [-0.15, -0.1) is 11.3 Å². The number of anilines is 1. The maximum atomic E-state index is 12.2. The number of carbonyl (C=O) groups is 1. The number of thiophene rings is 1. The molecule has 0 atom stereocenters. The van der Waals surface area contributed by atoms with Crippen molar-refractivity contribution in [1.29, 1.82) is 0 Å². The molecule has 7 nitrogen and oxygen atoms in total. The van der Waals surface area contributed by atoms with Gasteiger partial charge < -0.3 is 5.32 Å². The minimum absolute atomic E-state index is 0.0815. The number of nitrogens with one attached hydrogen (secondary N) is 1. The fourth-order valence-electron chi connectivity index (χ4n) is 2.07. The Labute approximate surface area is 123 Å². The molecule has 0 radical (unpaired) electrons. The van der Waals surface area contributed by atoms with Crippen LogP contribution in [0.1, 0.15) is 5.69 Å². The van der Waals surface area contributed by atoms with E-state index in [0.29, 0.717) is 16.0 Å². The second kappa shape index (κ2) is 5.13. The summed E-state index contributed by atoms with van der Waals surface area (Å²) in [5.74, 6) is 0.298. The van der Waals surface area contributed by atoms with Crippen molar-refractivity contribution in [3.05, 3.63) is 39.9 Å². The second-order valence-electron chi connectivity index (χ2n) is 4.66. The second-order valence-corrected chi connectivity index (χ2v) is 5.55. The molecule has 108 valence electrons. The standard InChI is InChI=1S/C13H13N5O2S/c1-8-5-10(17(2)16-8)15-11(19)6-18-7-14-12-9(13(18)20)3-4-21-12/h3-5,7H,6H2,1-2H3,(H,15,19). The van der Waals surface area contributed by atoms with Crippen LogP contribution < -0.4 is 10.9 Å². The topological polar surface area (TPSA) is 81.8 Å². The average molecular weight is 303 g/mol. The minimum Gasteiger partial charge on any atom is -0.309 e. The third kappa shape index (κ3) is 2.57. The van der Waals surface area contributed by atoms with E-state index in [1.165, 1.54) is 22.2 Å². The summed E-state index contributed by atoms with van der Waals surface area (Å²) in [6.45, 7) is 1.76. The number of hydrogen-bond donors (Lipinski definition) is 1. The van der Waals surface area contributed by atoms with E-state index < -0.39 is 0 Å². The number of hydrogen-bond acceptors (Lipinski definition) is 5. The lowest BCUT2D eigenvalue weighted by molar-refractivity contribution is -0.116. The van der Waals surface area contributed by atoms with E-state index in [0.717, 1.165) is 5.69 Å². The van der Waals surface area contributed by atoms with Crippen molar-refractivity contribution in [1.82, 2.24) is 19.3 Å². The maximum Gasteiger partial charge on any atom is 0.262 e. The lowest BCUT2D eigenvalue weighted by atomic mass is 10.4. The number of rotatable bonds is 3. The van der Waals surface area contributed by atoms with Crippen molar-refractivity contribution in [3.63, 3.8) is 0 Å². The molecule has 0 spiro atoms. The van der Waals surface area contributed by atoms with E-state index in [4.69, 9.17) is 0 Å². The van der Waals surface area contributed by atoms with Gasteiger partial charge in [-0.3, -0.25) is 18.8 Å². The first-order valence-corrected chi connectivity index (χ1v) is 7.15. The fourth-order valence-corrected chi connectivity index (χ4v) is 2.79. The molecule has 8 heteroatoms. The van der Waals surface area contributed by atoms with Gasteiger partial charge in [-0.2, -0.15) is 5.10 Å². The summed E-state index contributed by atoms with van der Waals surface area (Å²) in [5, 5.41) is 9.21. The van der Waals surface area contributed by atoms with Gasteiger partial charge in [-0.25, -0.2) is 4.98 Å². The molecule has 0 aliphatic carbocycles. The monoisotopic (exact) mass is 303 g/mol. The molecule has 3 heterocycles. The largest absolute Gasteiger partial charge is 0.309 e. The Morgan fingerprint density at radius 3 is 3.00 bits per heavy atom. The molecule has 0 bridgehead atoms. The fraction of sp³-hybridized carbons (Fsp3) is 0.231. The first-order valence-electron chi connectivity index (χ1n) is 6.28. The van der Waals surface area contributed by atoms with Crippen LogP contribution in [0.2, 0.25) is 0 Å². The summed E-state index contributed by atoms with van der Waals surface area (Å²) in [6.07, 6.45) is 1.40. The molecular formula is C13H13N5O2S. The predicted octanol–water partition coefficient (Wildman–Crippen LogP) is 1.14. The van der Waals surface area contributed by atoms with Crippen molar-refractivity contribution in [2.45, 2.75) is 13.5 Å². The Morgan fingerprint density at radius 2 is 2.29 bits per heavy atom. The van der Waals surface area contributed by atoms with Crippen LogP contribution in [0.15, 0.2) is 28.6 Å². The van der Waals surface area contributed by atoms with Crippen LogP contribution in [0.5, 0.6) is 0 Å². The van der Waals surface area contributed by atoms with E-state index in [1.54, 1.807) is 23.9 Å². The Kier molecular flexibility index (Phi) is 3.30. The van der Waals surface area contributed by atoms with Crippen LogP contribution in [0, 0.1) is 6.92 Å². The molecule has 0 fully saturated rings. The number of fused-ring (bicyclic) bond motifs is 1. The smallest absolute Gasteiger partial charge is 0.262 e. The first kappa shape index (κ1) is 13.5. The molecule has 3 aromatic heterocycles. The molecule has 3 aromatic rings.